The highest BCUT2D eigenvalue weighted by Crippen LogP contribution is 2.19. The number of aromatic nitrogens is 4. The summed E-state index contributed by atoms with van der Waals surface area (Å²) in [6.07, 6.45) is 4.63. The smallest absolute Gasteiger partial charge is 0.257 e. The Kier molecular flexibility index (Phi) is 5.12. The van der Waals surface area contributed by atoms with Crippen LogP contribution >= 0.6 is 0 Å². The number of hydrogen-bond donors (Lipinski definition) is 1. The van der Waals surface area contributed by atoms with Crippen molar-refractivity contribution < 1.29 is 9.53 Å². The van der Waals surface area contributed by atoms with Crippen molar-refractivity contribution in [3.8, 4) is 5.75 Å². The van der Waals surface area contributed by atoms with Gasteiger partial charge < -0.3 is 14.6 Å². The average Bonchev–Trinajstić information content (AvgIpc) is 3.16. The van der Waals surface area contributed by atoms with Crippen molar-refractivity contribution in [1.82, 2.24) is 24.9 Å². The first kappa shape index (κ1) is 17.4. The van der Waals surface area contributed by atoms with Gasteiger partial charge in [0.2, 0.25) is 0 Å². The lowest BCUT2D eigenvalue weighted by molar-refractivity contribution is 0.0927. The first-order valence-electron chi connectivity index (χ1n) is 8.03. The molecule has 0 saturated carbocycles. The van der Waals surface area contributed by atoms with E-state index in [4.69, 9.17) is 4.74 Å². The van der Waals surface area contributed by atoms with E-state index in [9.17, 15) is 9.59 Å². The van der Waals surface area contributed by atoms with Gasteiger partial charge in [0.05, 0.1) is 37.7 Å². The summed E-state index contributed by atoms with van der Waals surface area (Å²) < 4.78 is 6.53. The van der Waals surface area contributed by atoms with Crippen LogP contribution in [0, 0.1) is 0 Å². The fraction of sp³-hybridized carbons (Fsp3) is 0.222. The Bertz CT molecular complexity index is 935. The Morgan fingerprint density at radius 1 is 1.23 bits per heavy atom. The summed E-state index contributed by atoms with van der Waals surface area (Å²) in [5.74, 6) is -0.118. The average molecular weight is 353 g/mol. The molecular weight excluding hydrogens is 334 g/mol. The number of methoxy groups -OCH3 is 1. The molecule has 8 heteroatoms. The number of carbonyl (C=O) groups is 1. The lowest BCUT2D eigenvalue weighted by atomic mass is 10.1. The Hall–Kier alpha value is -3.42. The maximum Gasteiger partial charge on any atom is 0.257 e. The minimum Gasteiger partial charge on any atom is -0.496 e. The first-order valence-corrected chi connectivity index (χ1v) is 8.03. The van der Waals surface area contributed by atoms with Crippen molar-refractivity contribution in [2.45, 2.75) is 12.6 Å². The zero-order valence-corrected chi connectivity index (χ0v) is 14.5. The van der Waals surface area contributed by atoms with Crippen LogP contribution in [0.15, 0.2) is 59.8 Å². The van der Waals surface area contributed by atoms with Gasteiger partial charge in [-0.25, -0.2) is 0 Å². The molecule has 1 atom stereocenters. The Morgan fingerprint density at radius 3 is 2.58 bits per heavy atom. The van der Waals surface area contributed by atoms with Gasteiger partial charge in [-0.2, -0.15) is 15.0 Å². The molecule has 0 aliphatic carbocycles. The maximum absolute atomic E-state index is 12.8. The molecule has 26 heavy (non-hydrogen) atoms. The summed E-state index contributed by atoms with van der Waals surface area (Å²) in [4.78, 5) is 26.1. The summed E-state index contributed by atoms with van der Waals surface area (Å²) in [6, 6.07) is 10.5. The molecule has 0 bridgehead atoms. The molecule has 134 valence electrons. The van der Waals surface area contributed by atoms with Gasteiger partial charge in [-0.3, -0.25) is 9.59 Å². The van der Waals surface area contributed by atoms with E-state index in [1.54, 1.807) is 19.4 Å². The van der Waals surface area contributed by atoms with Gasteiger partial charge in [0.15, 0.2) is 0 Å². The van der Waals surface area contributed by atoms with Crippen LogP contribution < -0.4 is 15.6 Å². The van der Waals surface area contributed by atoms with Crippen LogP contribution in [0.25, 0.3) is 0 Å². The lowest BCUT2D eigenvalue weighted by Gasteiger charge is -2.19. The van der Waals surface area contributed by atoms with Crippen molar-refractivity contribution in [1.29, 1.82) is 0 Å². The minimum absolute atomic E-state index is 0.231. The molecule has 2 heterocycles. The summed E-state index contributed by atoms with van der Waals surface area (Å²) in [5.41, 5.74) is 0.949. The molecule has 0 spiro atoms. The minimum atomic E-state index is -0.349. The number of carbonyl (C=O) groups excluding carboxylic acids is 1. The molecule has 3 aromatic rings. The Labute approximate surface area is 150 Å². The van der Waals surface area contributed by atoms with Crippen molar-refractivity contribution >= 4 is 5.91 Å². The third-order valence-electron chi connectivity index (χ3n) is 3.97. The lowest BCUT2D eigenvalue weighted by Crippen LogP contribution is -2.33. The van der Waals surface area contributed by atoms with E-state index in [0.717, 1.165) is 5.56 Å². The van der Waals surface area contributed by atoms with Crippen LogP contribution in [0.1, 0.15) is 22.0 Å². The van der Waals surface area contributed by atoms with Gasteiger partial charge in [0.25, 0.3) is 11.5 Å². The zero-order chi connectivity index (χ0) is 18.5. The van der Waals surface area contributed by atoms with Crippen LogP contribution in [0.5, 0.6) is 5.75 Å². The Morgan fingerprint density at radius 2 is 1.92 bits per heavy atom. The monoisotopic (exact) mass is 353 g/mol. The number of pyridine rings is 1. The van der Waals surface area contributed by atoms with Crippen LogP contribution in [0.2, 0.25) is 0 Å². The molecule has 0 unspecified atom stereocenters. The highest BCUT2D eigenvalue weighted by atomic mass is 16.5. The number of nitrogens with one attached hydrogen (secondary N) is 1. The quantitative estimate of drug-likeness (QED) is 0.718. The van der Waals surface area contributed by atoms with E-state index in [0.29, 0.717) is 6.54 Å². The number of rotatable bonds is 6. The number of amides is 1. The number of hydrogen-bond acceptors (Lipinski definition) is 5. The van der Waals surface area contributed by atoms with Crippen LogP contribution in [0.3, 0.4) is 0 Å². The van der Waals surface area contributed by atoms with Crippen LogP contribution in [-0.2, 0) is 13.6 Å². The SMILES string of the molecule is COc1cc(=O)n(C)cc1C(=O)N[C@H](Cn1nccn1)c1ccccc1. The van der Waals surface area contributed by atoms with E-state index in [1.165, 1.54) is 28.7 Å². The molecule has 1 aromatic carbocycles. The van der Waals surface area contributed by atoms with Gasteiger partial charge in [0, 0.05) is 19.3 Å². The standard InChI is InChI=1S/C18H19N5O3/c1-22-11-14(16(26-2)10-17(22)24)18(25)21-15(12-23-19-8-9-20-23)13-6-4-3-5-7-13/h3-11,15H,12H2,1-2H3,(H,21,25)/t15-/m1/s1. The van der Waals surface area contributed by atoms with Crippen molar-refractivity contribution in [3.63, 3.8) is 0 Å². The van der Waals surface area contributed by atoms with E-state index in [1.807, 2.05) is 30.3 Å². The van der Waals surface area contributed by atoms with Gasteiger partial charge in [-0.05, 0) is 5.56 Å². The van der Waals surface area contributed by atoms with Gasteiger partial charge in [0.1, 0.15) is 5.75 Å². The van der Waals surface area contributed by atoms with Gasteiger partial charge in [-0.15, -0.1) is 0 Å². The molecule has 1 N–H and O–H groups in total. The predicted molar refractivity (Wildman–Crippen MR) is 94.9 cm³/mol. The first-order chi connectivity index (χ1) is 12.6. The second-order valence-corrected chi connectivity index (χ2v) is 5.73. The molecule has 3 rings (SSSR count). The fourth-order valence-corrected chi connectivity index (χ4v) is 2.61. The number of benzene rings is 1. The van der Waals surface area contributed by atoms with Crippen LogP contribution in [-0.4, -0.2) is 32.6 Å². The Balaban J connectivity index is 1.90. The summed E-state index contributed by atoms with van der Waals surface area (Å²) >= 11 is 0. The predicted octanol–water partition coefficient (Wildman–Crippen LogP) is 1.16. The zero-order valence-electron chi connectivity index (χ0n) is 14.5. The molecular formula is C18H19N5O3. The summed E-state index contributed by atoms with van der Waals surface area (Å²) in [6.45, 7) is 0.372. The maximum atomic E-state index is 12.8. The molecule has 0 saturated heterocycles. The summed E-state index contributed by atoms with van der Waals surface area (Å²) in [5, 5.41) is 11.2. The third-order valence-corrected chi connectivity index (χ3v) is 3.97. The number of aryl methyl sites for hydroxylation is 1. The third kappa shape index (κ3) is 3.80. The number of nitrogens with zero attached hydrogens (tertiary/aromatic N) is 4. The van der Waals surface area contributed by atoms with E-state index in [2.05, 4.69) is 15.5 Å². The second kappa shape index (κ2) is 7.64. The highest BCUT2D eigenvalue weighted by molar-refractivity contribution is 5.96. The van der Waals surface area contributed by atoms with E-state index < -0.39 is 0 Å². The van der Waals surface area contributed by atoms with Crippen molar-refractivity contribution in [3.05, 3.63) is 76.5 Å². The molecule has 0 radical (unpaired) electrons. The van der Waals surface area contributed by atoms with E-state index >= 15 is 0 Å². The number of ether oxygens (including phenoxy) is 1. The molecule has 1 amide bonds. The largest absolute Gasteiger partial charge is 0.496 e. The van der Waals surface area contributed by atoms with Gasteiger partial charge >= 0.3 is 0 Å². The fourth-order valence-electron chi connectivity index (χ4n) is 2.61. The second-order valence-electron chi connectivity index (χ2n) is 5.73. The van der Waals surface area contributed by atoms with E-state index in [-0.39, 0.29) is 28.8 Å². The molecule has 8 nitrogen and oxygen atoms in total. The summed E-state index contributed by atoms with van der Waals surface area (Å²) in [7, 11) is 3.01. The molecule has 0 fully saturated rings. The van der Waals surface area contributed by atoms with Crippen LogP contribution in [0.4, 0.5) is 0 Å². The van der Waals surface area contributed by atoms with Gasteiger partial charge in [-0.1, -0.05) is 30.3 Å². The molecule has 0 aliphatic rings. The highest BCUT2D eigenvalue weighted by Gasteiger charge is 2.20. The molecule has 2 aromatic heterocycles. The van der Waals surface area contributed by atoms with Crippen molar-refractivity contribution in [2.24, 2.45) is 7.05 Å². The topological polar surface area (TPSA) is 91.0 Å². The van der Waals surface area contributed by atoms with Crippen molar-refractivity contribution in [2.75, 3.05) is 7.11 Å². The normalized spacial score (nSPS) is 11.8. The molecule has 0 aliphatic heterocycles.